The van der Waals surface area contributed by atoms with Gasteiger partial charge in [-0.25, -0.2) is 0 Å². The van der Waals surface area contributed by atoms with Crippen molar-refractivity contribution in [2.75, 3.05) is 25.5 Å². The zero-order valence-corrected chi connectivity index (χ0v) is 14.8. The van der Waals surface area contributed by atoms with E-state index in [4.69, 9.17) is 0 Å². The van der Waals surface area contributed by atoms with Crippen molar-refractivity contribution in [1.82, 2.24) is 10.6 Å². The van der Waals surface area contributed by atoms with Crippen LogP contribution >= 0.6 is 24.0 Å². The number of amides is 1. The van der Waals surface area contributed by atoms with Crippen LogP contribution in [0, 0.1) is 0 Å². The second kappa shape index (κ2) is 8.86. The molecule has 1 atom stereocenters. The van der Waals surface area contributed by atoms with Crippen molar-refractivity contribution in [3.8, 4) is 0 Å². The molecule has 1 aliphatic heterocycles. The lowest BCUT2D eigenvalue weighted by Crippen LogP contribution is -2.40. The van der Waals surface area contributed by atoms with Gasteiger partial charge < -0.3 is 16.0 Å². The molecule has 6 heteroatoms. The molecule has 21 heavy (non-hydrogen) atoms. The number of guanidine groups is 1. The van der Waals surface area contributed by atoms with Crippen molar-refractivity contribution < 1.29 is 4.79 Å². The summed E-state index contributed by atoms with van der Waals surface area (Å²) < 4.78 is 0. The van der Waals surface area contributed by atoms with Gasteiger partial charge in [0.15, 0.2) is 5.96 Å². The van der Waals surface area contributed by atoms with E-state index in [1.807, 2.05) is 18.2 Å². The fourth-order valence-electron chi connectivity index (χ4n) is 2.37. The van der Waals surface area contributed by atoms with Crippen molar-refractivity contribution in [1.29, 1.82) is 0 Å². The Bertz CT molecular complexity index is 504. The molecule has 0 aromatic heterocycles. The van der Waals surface area contributed by atoms with Crippen LogP contribution in [0.1, 0.15) is 31.2 Å². The van der Waals surface area contributed by atoms with E-state index < -0.39 is 0 Å². The molecule has 0 spiro atoms. The van der Waals surface area contributed by atoms with Crippen LogP contribution in [0.15, 0.2) is 29.3 Å². The smallest absolute Gasteiger partial charge is 0.225 e. The third kappa shape index (κ3) is 4.87. The summed E-state index contributed by atoms with van der Waals surface area (Å²) in [6.07, 6.45) is 1.56. The molecule has 2 rings (SSSR count). The number of carbonyl (C=O) groups excluding carboxylic acids is 1. The van der Waals surface area contributed by atoms with E-state index in [9.17, 15) is 4.79 Å². The average molecular weight is 402 g/mol. The van der Waals surface area contributed by atoms with Crippen LogP contribution in [0.3, 0.4) is 0 Å². The highest BCUT2D eigenvalue weighted by atomic mass is 127. The normalized spacial score (nSPS) is 17.3. The zero-order chi connectivity index (χ0) is 14.4. The van der Waals surface area contributed by atoms with Gasteiger partial charge in [-0.3, -0.25) is 9.79 Å². The first-order chi connectivity index (χ1) is 9.74. The van der Waals surface area contributed by atoms with E-state index in [0.717, 1.165) is 24.6 Å². The topological polar surface area (TPSA) is 65.5 Å². The summed E-state index contributed by atoms with van der Waals surface area (Å²) in [6, 6.07) is 7.97. The van der Waals surface area contributed by atoms with Gasteiger partial charge >= 0.3 is 0 Å². The Morgan fingerprint density at radius 1 is 1.38 bits per heavy atom. The molecular formula is C15H23IN4O. The van der Waals surface area contributed by atoms with Gasteiger partial charge in [0, 0.05) is 38.2 Å². The maximum atomic E-state index is 11.7. The molecule has 1 aromatic carbocycles. The second-order valence-electron chi connectivity index (χ2n) is 4.92. The summed E-state index contributed by atoms with van der Waals surface area (Å²) in [5.41, 5.74) is 2.11. The van der Waals surface area contributed by atoms with Gasteiger partial charge in [-0.2, -0.15) is 0 Å². The van der Waals surface area contributed by atoms with Gasteiger partial charge in [0.1, 0.15) is 0 Å². The molecule has 1 aromatic rings. The first-order valence-corrected chi connectivity index (χ1v) is 7.08. The van der Waals surface area contributed by atoms with Crippen molar-refractivity contribution in [3.05, 3.63) is 29.8 Å². The van der Waals surface area contributed by atoms with Crippen LogP contribution in [-0.4, -0.2) is 32.0 Å². The number of nitrogens with one attached hydrogen (secondary N) is 3. The lowest BCUT2D eigenvalue weighted by molar-refractivity contribution is -0.116. The Morgan fingerprint density at radius 3 is 2.86 bits per heavy atom. The molecule has 0 radical (unpaired) electrons. The summed E-state index contributed by atoms with van der Waals surface area (Å²) in [6.45, 7) is 3.71. The summed E-state index contributed by atoms with van der Waals surface area (Å²) in [7, 11) is 1.76. The van der Waals surface area contributed by atoms with Gasteiger partial charge in [-0.05, 0) is 18.1 Å². The van der Waals surface area contributed by atoms with E-state index >= 15 is 0 Å². The van der Waals surface area contributed by atoms with Crippen LogP contribution in [0.2, 0.25) is 0 Å². The van der Waals surface area contributed by atoms with Gasteiger partial charge in [-0.1, -0.05) is 25.1 Å². The molecule has 0 aliphatic carbocycles. The third-order valence-electron chi connectivity index (χ3n) is 3.39. The zero-order valence-electron chi connectivity index (χ0n) is 12.5. The van der Waals surface area contributed by atoms with Crippen molar-refractivity contribution in [2.45, 2.75) is 25.7 Å². The highest BCUT2D eigenvalue weighted by Gasteiger charge is 2.24. The fraction of sp³-hybridized carbons (Fsp3) is 0.467. The molecule has 116 valence electrons. The lowest BCUT2D eigenvalue weighted by atomic mass is 9.90. The molecule has 0 saturated carbocycles. The number of rotatable bonds is 4. The van der Waals surface area contributed by atoms with Crippen LogP contribution in [0.4, 0.5) is 5.69 Å². The van der Waals surface area contributed by atoms with E-state index in [1.54, 1.807) is 7.05 Å². The van der Waals surface area contributed by atoms with Crippen LogP contribution in [0.25, 0.3) is 0 Å². The number of aliphatic imine (C=N–C) groups is 1. The molecule has 0 fully saturated rings. The summed E-state index contributed by atoms with van der Waals surface area (Å²) in [5.74, 6) is 1.04. The van der Waals surface area contributed by atoms with Gasteiger partial charge in [0.05, 0.1) is 0 Å². The van der Waals surface area contributed by atoms with Gasteiger partial charge in [0.2, 0.25) is 5.91 Å². The Balaban J connectivity index is 0.00000220. The number of anilines is 1. The third-order valence-corrected chi connectivity index (χ3v) is 3.39. The maximum absolute atomic E-state index is 11.7. The Kier molecular flexibility index (Phi) is 7.49. The Labute approximate surface area is 143 Å². The largest absolute Gasteiger partial charge is 0.356 e. The van der Waals surface area contributed by atoms with Crippen LogP contribution in [-0.2, 0) is 4.79 Å². The highest BCUT2D eigenvalue weighted by molar-refractivity contribution is 14.0. The fourth-order valence-corrected chi connectivity index (χ4v) is 2.37. The predicted molar refractivity (Wildman–Crippen MR) is 97.5 cm³/mol. The standard InChI is InChI=1S/C15H22N4O.HI/c1-3-8-17-15(16-2)18-10-11-9-14(20)19-13-7-5-4-6-12(11)13;/h4-7,11H,3,8-10H2,1-2H3,(H,19,20)(H2,16,17,18);1H. The van der Waals surface area contributed by atoms with Crippen molar-refractivity contribution >= 4 is 41.5 Å². The number of halogens is 1. The van der Waals surface area contributed by atoms with Crippen molar-refractivity contribution in [3.63, 3.8) is 0 Å². The molecule has 0 bridgehead atoms. The molecule has 1 heterocycles. The van der Waals surface area contributed by atoms with Gasteiger partial charge in [-0.15, -0.1) is 24.0 Å². The van der Waals surface area contributed by atoms with E-state index in [2.05, 4.69) is 33.9 Å². The van der Waals surface area contributed by atoms with Crippen LogP contribution < -0.4 is 16.0 Å². The average Bonchev–Trinajstić information content (AvgIpc) is 2.47. The molecule has 1 aliphatic rings. The quantitative estimate of drug-likeness (QED) is 0.412. The number of carbonyl (C=O) groups is 1. The molecular weight excluding hydrogens is 379 g/mol. The van der Waals surface area contributed by atoms with Crippen LogP contribution in [0.5, 0.6) is 0 Å². The second-order valence-corrected chi connectivity index (χ2v) is 4.92. The minimum atomic E-state index is 0. The molecule has 0 saturated heterocycles. The molecule has 1 amide bonds. The summed E-state index contributed by atoms with van der Waals surface area (Å²) in [4.78, 5) is 15.9. The van der Waals surface area contributed by atoms with E-state index in [0.29, 0.717) is 13.0 Å². The number of hydrogen-bond acceptors (Lipinski definition) is 2. The van der Waals surface area contributed by atoms with E-state index in [-0.39, 0.29) is 35.8 Å². The molecule has 3 N–H and O–H groups in total. The van der Waals surface area contributed by atoms with Crippen molar-refractivity contribution in [2.24, 2.45) is 4.99 Å². The maximum Gasteiger partial charge on any atom is 0.225 e. The minimum Gasteiger partial charge on any atom is -0.356 e. The number of para-hydroxylation sites is 1. The Hall–Kier alpha value is -1.31. The number of hydrogen-bond donors (Lipinski definition) is 3. The minimum absolute atomic E-state index is 0. The monoisotopic (exact) mass is 402 g/mol. The highest BCUT2D eigenvalue weighted by Crippen LogP contribution is 2.31. The number of fused-ring (bicyclic) bond motifs is 1. The summed E-state index contributed by atoms with van der Waals surface area (Å²) in [5, 5.41) is 9.44. The number of nitrogens with zero attached hydrogens (tertiary/aromatic N) is 1. The number of benzene rings is 1. The molecule has 5 nitrogen and oxygen atoms in total. The predicted octanol–water partition coefficient (Wildman–Crippen LogP) is 2.31. The Morgan fingerprint density at radius 2 is 2.14 bits per heavy atom. The lowest BCUT2D eigenvalue weighted by Gasteiger charge is -2.26. The van der Waals surface area contributed by atoms with Gasteiger partial charge in [0.25, 0.3) is 0 Å². The van der Waals surface area contributed by atoms with E-state index in [1.165, 1.54) is 5.56 Å². The first-order valence-electron chi connectivity index (χ1n) is 7.08. The summed E-state index contributed by atoms with van der Waals surface area (Å²) >= 11 is 0. The first kappa shape index (κ1) is 17.7. The SMILES string of the molecule is CCCNC(=NC)NCC1CC(=O)Nc2ccccc21.I. The molecule has 1 unspecified atom stereocenters.